The van der Waals surface area contributed by atoms with Gasteiger partial charge >= 0.3 is 11.6 Å². The zero-order valence-corrected chi connectivity index (χ0v) is 17.2. The lowest BCUT2D eigenvalue weighted by molar-refractivity contribution is -0.385. The number of halogens is 1. The number of rotatable bonds is 8. The molecule has 2 heterocycles. The highest BCUT2D eigenvalue weighted by atomic mass is 35.5. The minimum atomic E-state index is -0.532. The van der Waals surface area contributed by atoms with Crippen molar-refractivity contribution < 1.29 is 14.4 Å². The van der Waals surface area contributed by atoms with E-state index in [9.17, 15) is 10.1 Å². The highest BCUT2D eigenvalue weighted by Gasteiger charge is 2.25. The summed E-state index contributed by atoms with van der Waals surface area (Å²) in [5, 5.41) is 15.3. The van der Waals surface area contributed by atoms with Crippen molar-refractivity contribution in [3.8, 4) is 11.6 Å². The first kappa shape index (κ1) is 21.2. The van der Waals surface area contributed by atoms with E-state index in [1.54, 1.807) is 12.1 Å². The Bertz CT molecular complexity index is 851. The van der Waals surface area contributed by atoms with Crippen LogP contribution in [0.5, 0.6) is 11.6 Å². The number of nitro groups is 1. The fraction of sp³-hybridized carbons (Fsp3) is 0.474. The minimum absolute atomic E-state index is 0.109. The van der Waals surface area contributed by atoms with Crippen LogP contribution in [0.4, 0.5) is 11.5 Å². The second-order valence-corrected chi connectivity index (χ2v) is 7.22. The maximum Gasteiger partial charge on any atom is 0.373 e. The van der Waals surface area contributed by atoms with Crippen LogP contribution >= 0.6 is 11.6 Å². The molecule has 156 valence electrons. The van der Waals surface area contributed by atoms with Crippen LogP contribution in [0.25, 0.3) is 0 Å². The molecule has 1 fully saturated rings. The van der Waals surface area contributed by atoms with Gasteiger partial charge in [-0.2, -0.15) is 4.98 Å². The number of benzene rings is 1. The zero-order valence-electron chi connectivity index (χ0n) is 16.5. The van der Waals surface area contributed by atoms with Gasteiger partial charge in [0.15, 0.2) is 0 Å². The Morgan fingerprint density at radius 2 is 1.97 bits per heavy atom. The number of ether oxygens (including phenoxy) is 2. The molecule has 0 spiro atoms. The fourth-order valence-electron chi connectivity index (χ4n) is 3.14. The summed E-state index contributed by atoms with van der Waals surface area (Å²) >= 11 is 6.18. The van der Waals surface area contributed by atoms with Crippen molar-refractivity contribution in [2.45, 2.75) is 20.3 Å². The monoisotopic (exact) mass is 421 g/mol. The molecule has 0 saturated carbocycles. The summed E-state index contributed by atoms with van der Waals surface area (Å²) in [6, 6.07) is 3.44. The van der Waals surface area contributed by atoms with Gasteiger partial charge in [0.05, 0.1) is 18.1 Å². The molecule has 3 rings (SSSR count). The SMILES string of the molecule is Cc1cc(Oc2ncnc(NCCCN3CCOCC3)c2[N+](=O)[O-])cc(C)c1Cl. The van der Waals surface area contributed by atoms with Gasteiger partial charge in [0.1, 0.15) is 12.1 Å². The third kappa shape index (κ3) is 5.53. The third-order valence-electron chi connectivity index (χ3n) is 4.64. The molecular weight excluding hydrogens is 398 g/mol. The molecular formula is C19H24ClN5O4. The summed E-state index contributed by atoms with van der Waals surface area (Å²) in [7, 11) is 0. The smallest absolute Gasteiger partial charge is 0.373 e. The predicted molar refractivity (Wildman–Crippen MR) is 110 cm³/mol. The summed E-state index contributed by atoms with van der Waals surface area (Å²) < 4.78 is 11.0. The van der Waals surface area contributed by atoms with Gasteiger partial charge in [0, 0.05) is 24.7 Å². The zero-order chi connectivity index (χ0) is 20.8. The molecule has 0 atom stereocenters. The molecule has 0 radical (unpaired) electrons. The summed E-state index contributed by atoms with van der Waals surface area (Å²) in [5.41, 5.74) is 1.35. The van der Waals surface area contributed by atoms with Gasteiger partial charge in [0.2, 0.25) is 5.82 Å². The lowest BCUT2D eigenvalue weighted by atomic mass is 10.1. The Morgan fingerprint density at radius 3 is 2.62 bits per heavy atom. The van der Waals surface area contributed by atoms with Crippen LogP contribution < -0.4 is 10.1 Å². The molecule has 10 heteroatoms. The molecule has 0 amide bonds. The normalized spacial score (nSPS) is 14.6. The molecule has 0 unspecified atom stereocenters. The van der Waals surface area contributed by atoms with E-state index in [-0.39, 0.29) is 17.4 Å². The minimum Gasteiger partial charge on any atom is -0.434 e. The van der Waals surface area contributed by atoms with Crippen molar-refractivity contribution in [2.75, 3.05) is 44.7 Å². The van der Waals surface area contributed by atoms with E-state index in [1.165, 1.54) is 6.33 Å². The first-order valence-corrected chi connectivity index (χ1v) is 9.81. The molecule has 1 saturated heterocycles. The number of morpholine rings is 1. The van der Waals surface area contributed by atoms with Crippen LogP contribution in [-0.4, -0.2) is 59.2 Å². The molecule has 9 nitrogen and oxygen atoms in total. The number of nitrogens with zero attached hydrogens (tertiary/aromatic N) is 4. The van der Waals surface area contributed by atoms with Crippen LogP contribution in [0.15, 0.2) is 18.5 Å². The van der Waals surface area contributed by atoms with Gasteiger partial charge in [-0.05, 0) is 50.1 Å². The lowest BCUT2D eigenvalue weighted by Gasteiger charge is -2.26. The summed E-state index contributed by atoms with van der Waals surface area (Å²) in [5.74, 6) is 0.468. The third-order valence-corrected chi connectivity index (χ3v) is 5.24. The number of hydrogen-bond acceptors (Lipinski definition) is 8. The largest absolute Gasteiger partial charge is 0.434 e. The standard InChI is InChI=1S/C19H24ClN5O4/c1-13-10-15(11-14(2)16(13)20)29-19-17(25(26)27)18(22-12-23-19)21-4-3-5-24-6-8-28-9-7-24/h10-12H,3-9H2,1-2H3,(H,21,22,23). The lowest BCUT2D eigenvalue weighted by Crippen LogP contribution is -2.37. The Labute approximate surface area is 174 Å². The number of aryl methyl sites for hydroxylation is 2. The van der Waals surface area contributed by atoms with Crippen LogP contribution in [-0.2, 0) is 4.74 Å². The summed E-state index contributed by atoms with van der Waals surface area (Å²) in [6.07, 6.45) is 2.08. The van der Waals surface area contributed by atoms with Gasteiger partial charge in [-0.3, -0.25) is 15.0 Å². The van der Waals surface area contributed by atoms with Gasteiger partial charge in [-0.15, -0.1) is 0 Å². The maximum atomic E-state index is 11.7. The molecule has 0 aliphatic carbocycles. The first-order chi connectivity index (χ1) is 14.0. The molecule has 1 aromatic heterocycles. The molecule has 0 bridgehead atoms. The van der Waals surface area contributed by atoms with Crippen LogP contribution in [0.2, 0.25) is 5.02 Å². The van der Waals surface area contributed by atoms with Crippen molar-refractivity contribution in [2.24, 2.45) is 0 Å². The Hall–Kier alpha value is -2.49. The summed E-state index contributed by atoms with van der Waals surface area (Å²) in [4.78, 5) is 21.4. The van der Waals surface area contributed by atoms with Gasteiger partial charge in [-0.25, -0.2) is 4.98 Å². The van der Waals surface area contributed by atoms with Crippen molar-refractivity contribution in [1.82, 2.24) is 14.9 Å². The van der Waals surface area contributed by atoms with E-state index in [4.69, 9.17) is 21.1 Å². The van der Waals surface area contributed by atoms with Crippen molar-refractivity contribution >= 4 is 23.1 Å². The Morgan fingerprint density at radius 1 is 1.28 bits per heavy atom. The van der Waals surface area contributed by atoms with E-state index in [0.29, 0.717) is 17.3 Å². The van der Waals surface area contributed by atoms with E-state index in [0.717, 1.165) is 50.4 Å². The highest BCUT2D eigenvalue weighted by molar-refractivity contribution is 6.32. The van der Waals surface area contributed by atoms with E-state index < -0.39 is 4.92 Å². The molecule has 1 N–H and O–H groups in total. The van der Waals surface area contributed by atoms with Crippen molar-refractivity contribution in [3.05, 3.63) is 44.7 Å². The molecule has 1 aromatic carbocycles. The van der Waals surface area contributed by atoms with Gasteiger partial charge in [-0.1, -0.05) is 11.6 Å². The van der Waals surface area contributed by atoms with E-state index in [1.807, 2.05) is 13.8 Å². The van der Waals surface area contributed by atoms with E-state index in [2.05, 4.69) is 20.2 Å². The first-order valence-electron chi connectivity index (χ1n) is 9.43. The second-order valence-electron chi connectivity index (χ2n) is 6.84. The molecule has 29 heavy (non-hydrogen) atoms. The number of aromatic nitrogens is 2. The van der Waals surface area contributed by atoms with E-state index >= 15 is 0 Å². The molecule has 1 aliphatic heterocycles. The average molecular weight is 422 g/mol. The maximum absolute atomic E-state index is 11.7. The topological polar surface area (TPSA) is 103 Å². The number of anilines is 1. The molecule has 2 aromatic rings. The predicted octanol–water partition coefficient (Wildman–Crippen LogP) is 3.58. The van der Waals surface area contributed by atoms with Gasteiger partial charge < -0.3 is 14.8 Å². The van der Waals surface area contributed by atoms with Crippen LogP contribution in [0.3, 0.4) is 0 Å². The highest BCUT2D eigenvalue weighted by Crippen LogP contribution is 2.35. The number of nitrogens with one attached hydrogen (secondary N) is 1. The fourth-order valence-corrected chi connectivity index (χ4v) is 3.25. The quantitative estimate of drug-likeness (QED) is 0.392. The molecule has 1 aliphatic rings. The summed E-state index contributed by atoms with van der Waals surface area (Å²) in [6.45, 7) is 8.44. The average Bonchev–Trinajstić information content (AvgIpc) is 2.70. The number of hydrogen-bond donors (Lipinski definition) is 1. The van der Waals surface area contributed by atoms with Crippen molar-refractivity contribution in [1.29, 1.82) is 0 Å². The Balaban J connectivity index is 1.69. The van der Waals surface area contributed by atoms with Crippen molar-refractivity contribution in [3.63, 3.8) is 0 Å². The van der Waals surface area contributed by atoms with Crippen LogP contribution in [0.1, 0.15) is 17.5 Å². The second kappa shape index (κ2) is 9.82. The van der Waals surface area contributed by atoms with Gasteiger partial charge in [0.25, 0.3) is 0 Å². The Kier molecular flexibility index (Phi) is 7.18. The van der Waals surface area contributed by atoms with Crippen LogP contribution in [0, 0.1) is 24.0 Å².